The third-order valence-corrected chi connectivity index (χ3v) is 2.39. The van der Waals surface area contributed by atoms with E-state index < -0.39 is 0 Å². The molecular formula is C12H14N4O2. The van der Waals surface area contributed by atoms with E-state index in [1.165, 1.54) is 0 Å². The van der Waals surface area contributed by atoms with Gasteiger partial charge < -0.3 is 15.1 Å². The molecule has 0 fully saturated rings. The van der Waals surface area contributed by atoms with Crippen molar-refractivity contribution in [1.29, 1.82) is 0 Å². The Morgan fingerprint density at radius 3 is 2.56 bits per heavy atom. The normalized spacial score (nSPS) is 10.1. The van der Waals surface area contributed by atoms with Gasteiger partial charge >= 0.3 is 6.01 Å². The number of rotatable bonds is 4. The molecule has 1 amide bonds. The summed E-state index contributed by atoms with van der Waals surface area (Å²) in [5, 5.41) is 13.2. The van der Waals surface area contributed by atoms with Crippen LogP contribution in [0.25, 0.3) is 0 Å². The topological polar surface area (TPSA) is 80.0 Å². The van der Waals surface area contributed by atoms with Crippen molar-refractivity contribution < 1.29 is 9.21 Å². The lowest BCUT2D eigenvalue weighted by molar-refractivity contribution is 0.0963. The summed E-state index contributed by atoms with van der Waals surface area (Å²) < 4.78 is 5.32. The fourth-order valence-corrected chi connectivity index (χ4v) is 1.42. The van der Waals surface area contributed by atoms with Gasteiger partial charge in [-0.2, -0.15) is 0 Å². The molecular weight excluding hydrogens is 232 g/mol. The van der Waals surface area contributed by atoms with Crippen LogP contribution in [-0.2, 0) is 6.42 Å². The van der Waals surface area contributed by atoms with E-state index in [0.717, 1.165) is 5.69 Å². The van der Waals surface area contributed by atoms with Crippen LogP contribution in [0.1, 0.15) is 23.2 Å². The van der Waals surface area contributed by atoms with Gasteiger partial charge in [0, 0.05) is 24.7 Å². The standard InChI is InChI=1S/C12H14N4O2/c1-3-10-15-16-12(18-10)14-9-6-4-8(5-7-9)11(17)13-2/h4-7H,3H2,1-2H3,(H,13,17)(H,14,16). The van der Waals surface area contributed by atoms with Gasteiger partial charge in [-0.25, -0.2) is 0 Å². The van der Waals surface area contributed by atoms with Gasteiger partial charge in [0.1, 0.15) is 0 Å². The van der Waals surface area contributed by atoms with Crippen molar-refractivity contribution in [2.45, 2.75) is 13.3 Å². The summed E-state index contributed by atoms with van der Waals surface area (Å²) in [6, 6.07) is 7.34. The molecule has 0 bridgehead atoms. The number of amides is 1. The average molecular weight is 246 g/mol. The van der Waals surface area contributed by atoms with Crippen molar-refractivity contribution in [1.82, 2.24) is 15.5 Å². The Morgan fingerprint density at radius 1 is 1.28 bits per heavy atom. The van der Waals surface area contributed by atoms with Gasteiger partial charge in [-0.15, -0.1) is 5.10 Å². The smallest absolute Gasteiger partial charge is 0.320 e. The maximum absolute atomic E-state index is 11.4. The fraction of sp³-hybridized carbons (Fsp3) is 0.250. The summed E-state index contributed by atoms with van der Waals surface area (Å²) in [6.07, 6.45) is 0.699. The van der Waals surface area contributed by atoms with Gasteiger partial charge in [-0.1, -0.05) is 12.0 Å². The van der Waals surface area contributed by atoms with Gasteiger partial charge in [0.25, 0.3) is 5.91 Å². The summed E-state index contributed by atoms with van der Waals surface area (Å²) in [6.45, 7) is 1.94. The minimum Gasteiger partial charge on any atom is -0.408 e. The Hall–Kier alpha value is -2.37. The van der Waals surface area contributed by atoms with Crippen LogP contribution in [0.3, 0.4) is 0 Å². The van der Waals surface area contributed by atoms with Crippen molar-refractivity contribution in [3.8, 4) is 0 Å². The predicted molar refractivity (Wildman–Crippen MR) is 66.8 cm³/mol. The van der Waals surface area contributed by atoms with E-state index in [2.05, 4.69) is 20.8 Å². The zero-order chi connectivity index (χ0) is 13.0. The molecule has 0 aliphatic heterocycles. The second-order valence-electron chi connectivity index (χ2n) is 3.64. The molecule has 0 saturated carbocycles. The summed E-state index contributed by atoms with van der Waals surface area (Å²) in [4.78, 5) is 11.4. The molecule has 1 heterocycles. The molecule has 0 saturated heterocycles. The maximum Gasteiger partial charge on any atom is 0.320 e. The lowest BCUT2D eigenvalue weighted by Gasteiger charge is -2.03. The number of nitrogens with one attached hydrogen (secondary N) is 2. The molecule has 2 aromatic rings. The van der Waals surface area contributed by atoms with Crippen LogP contribution < -0.4 is 10.6 Å². The Morgan fingerprint density at radius 2 is 2.00 bits per heavy atom. The molecule has 1 aromatic heterocycles. The van der Waals surface area contributed by atoms with Crippen LogP contribution in [0, 0.1) is 0 Å². The predicted octanol–water partition coefficient (Wildman–Crippen LogP) is 1.74. The molecule has 0 atom stereocenters. The molecule has 2 rings (SSSR count). The number of anilines is 2. The molecule has 1 aromatic carbocycles. The van der Waals surface area contributed by atoms with Gasteiger partial charge in [-0.05, 0) is 24.3 Å². The highest BCUT2D eigenvalue weighted by atomic mass is 16.4. The van der Waals surface area contributed by atoms with Crippen molar-refractivity contribution in [3.63, 3.8) is 0 Å². The summed E-state index contributed by atoms with van der Waals surface area (Å²) in [5.41, 5.74) is 1.39. The van der Waals surface area contributed by atoms with E-state index in [9.17, 15) is 4.79 Å². The maximum atomic E-state index is 11.4. The number of hydrogen-bond donors (Lipinski definition) is 2. The lowest BCUT2D eigenvalue weighted by atomic mass is 10.2. The number of benzene rings is 1. The molecule has 0 spiro atoms. The van der Waals surface area contributed by atoms with E-state index in [1.54, 1.807) is 31.3 Å². The highest BCUT2D eigenvalue weighted by molar-refractivity contribution is 5.94. The molecule has 0 radical (unpaired) electrons. The van der Waals surface area contributed by atoms with Crippen LogP contribution >= 0.6 is 0 Å². The number of carbonyl (C=O) groups excluding carboxylic acids is 1. The second-order valence-corrected chi connectivity index (χ2v) is 3.64. The van der Waals surface area contributed by atoms with Crippen LogP contribution in [-0.4, -0.2) is 23.2 Å². The minimum absolute atomic E-state index is 0.118. The fourth-order valence-electron chi connectivity index (χ4n) is 1.42. The lowest BCUT2D eigenvalue weighted by Crippen LogP contribution is -2.17. The Bertz CT molecular complexity index is 533. The van der Waals surface area contributed by atoms with Gasteiger partial charge in [0.15, 0.2) is 0 Å². The molecule has 18 heavy (non-hydrogen) atoms. The molecule has 0 aliphatic carbocycles. The number of nitrogens with zero attached hydrogens (tertiary/aromatic N) is 2. The van der Waals surface area contributed by atoms with Gasteiger partial charge in [-0.3, -0.25) is 4.79 Å². The van der Waals surface area contributed by atoms with Crippen LogP contribution in [0.5, 0.6) is 0 Å². The zero-order valence-electron chi connectivity index (χ0n) is 10.2. The molecule has 6 nitrogen and oxygen atoms in total. The largest absolute Gasteiger partial charge is 0.408 e. The molecule has 6 heteroatoms. The van der Waals surface area contributed by atoms with Crippen molar-refractivity contribution in [2.75, 3.05) is 12.4 Å². The first-order valence-corrected chi connectivity index (χ1v) is 5.64. The molecule has 0 aliphatic rings. The molecule has 0 unspecified atom stereocenters. The first kappa shape index (κ1) is 12.1. The van der Waals surface area contributed by atoms with E-state index in [0.29, 0.717) is 23.9 Å². The second kappa shape index (κ2) is 5.31. The minimum atomic E-state index is -0.118. The Kier molecular flexibility index (Phi) is 3.57. The number of hydrogen-bond acceptors (Lipinski definition) is 5. The number of aromatic nitrogens is 2. The zero-order valence-corrected chi connectivity index (χ0v) is 10.2. The van der Waals surface area contributed by atoms with Crippen molar-refractivity contribution in [2.24, 2.45) is 0 Å². The third-order valence-electron chi connectivity index (χ3n) is 2.39. The quantitative estimate of drug-likeness (QED) is 0.858. The molecule has 2 N–H and O–H groups in total. The average Bonchev–Trinajstić information content (AvgIpc) is 2.86. The van der Waals surface area contributed by atoms with Crippen molar-refractivity contribution >= 4 is 17.6 Å². The van der Waals surface area contributed by atoms with Gasteiger partial charge in [0.05, 0.1) is 0 Å². The number of aryl methyl sites for hydroxylation is 1. The third kappa shape index (κ3) is 2.65. The van der Waals surface area contributed by atoms with Crippen molar-refractivity contribution in [3.05, 3.63) is 35.7 Å². The number of carbonyl (C=O) groups is 1. The monoisotopic (exact) mass is 246 g/mol. The van der Waals surface area contributed by atoms with Crippen LogP contribution in [0.4, 0.5) is 11.7 Å². The van der Waals surface area contributed by atoms with Crippen LogP contribution in [0.2, 0.25) is 0 Å². The highest BCUT2D eigenvalue weighted by Gasteiger charge is 2.05. The van der Waals surface area contributed by atoms with Gasteiger partial charge in [0.2, 0.25) is 5.89 Å². The first-order valence-electron chi connectivity index (χ1n) is 5.64. The summed E-state index contributed by atoms with van der Waals surface area (Å²) >= 11 is 0. The summed E-state index contributed by atoms with van der Waals surface area (Å²) in [5.74, 6) is 0.465. The van der Waals surface area contributed by atoms with E-state index >= 15 is 0 Å². The van der Waals surface area contributed by atoms with Crippen LogP contribution in [0.15, 0.2) is 28.7 Å². The SMILES string of the molecule is CCc1nnc(Nc2ccc(C(=O)NC)cc2)o1. The Labute approximate surface area is 104 Å². The molecule has 94 valence electrons. The van der Waals surface area contributed by atoms with E-state index in [1.807, 2.05) is 6.92 Å². The summed E-state index contributed by atoms with van der Waals surface area (Å²) in [7, 11) is 1.60. The first-order chi connectivity index (χ1) is 8.72. The highest BCUT2D eigenvalue weighted by Crippen LogP contribution is 2.16. The van der Waals surface area contributed by atoms with E-state index in [-0.39, 0.29) is 5.91 Å². The van der Waals surface area contributed by atoms with E-state index in [4.69, 9.17) is 4.42 Å². The Balaban J connectivity index is 2.08.